The van der Waals surface area contributed by atoms with Crippen molar-refractivity contribution in [3.05, 3.63) is 57.5 Å². The van der Waals surface area contributed by atoms with Gasteiger partial charge in [-0.15, -0.1) is 0 Å². The van der Waals surface area contributed by atoms with Crippen molar-refractivity contribution in [3.8, 4) is 11.5 Å². The Kier molecular flexibility index (Phi) is 7.12. The predicted octanol–water partition coefficient (Wildman–Crippen LogP) is 1.56. The maximum absolute atomic E-state index is 13.0. The van der Waals surface area contributed by atoms with Gasteiger partial charge in [0, 0.05) is 19.9 Å². The fraction of sp³-hybridized carbons (Fsp3) is 0.455. The Balaban J connectivity index is 1.76. The van der Waals surface area contributed by atoms with Crippen molar-refractivity contribution in [2.24, 2.45) is 0 Å². The Bertz CT molecular complexity index is 955. The van der Waals surface area contributed by atoms with Crippen LogP contribution in [0.25, 0.3) is 0 Å². The van der Waals surface area contributed by atoms with Gasteiger partial charge in [-0.25, -0.2) is 0 Å². The first-order chi connectivity index (χ1) is 14.5. The van der Waals surface area contributed by atoms with Gasteiger partial charge in [0.15, 0.2) is 11.5 Å². The minimum atomic E-state index is -0.407. The molecular formula is C22H28N2O6. The number of carbonyl (C=O) groups is 1. The molecule has 1 aromatic heterocycles. The number of hydrogen-bond acceptors (Lipinski definition) is 6. The van der Waals surface area contributed by atoms with E-state index in [9.17, 15) is 9.59 Å². The van der Waals surface area contributed by atoms with E-state index in [1.165, 1.54) is 0 Å². The van der Waals surface area contributed by atoms with Crippen LogP contribution in [0.5, 0.6) is 11.5 Å². The van der Waals surface area contributed by atoms with Gasteiger partial charge in [-0.1, -0.05) is 6.07 Å². The molecule has 1 aliphatic heterocycles. The molecule has 2 atom stereocenters. The van der Waals surface area contributed by atoms with E-state index in [4.69, 9.17) is 18.9 Å². The lowest BCUT2D eigenvalue weighted by molar-refractivity contribution is 0.0684. The normalized spacial score (nSPS) is 18.3. The van der Waals surface area contributed by atoms with E-state index in [2.05, 4.69) is 5.32 Å². The number of nitrogens with one attached hydrogen (secondary N) is 1. The second kappa shape index (κ2) is 9.77. The smallest absolute Gasteiger partial charge is 0.263 e. The van der Waals surface area contributed by atoms with Gasteiger partial charge in [0.25, 0.3) is 11.5 Å². The quantitative estimate of drug-likeness (QED) is 0.703. The lowest BCUT2D eigenvalue weighted by Crippen LogP contribution is -2.45. The molecule has 0 bridgehead atoms. The van der Waals surface area contributed by atoms with Crippen LogP contribution in [-0.2, 0) is 22.4 Å². The lowest BCUT2D eigenvalue weighted by atomic mass is 10.1. The molecule has 2 aromatic rings. The summed E-state index contributed by atoms with van der Waals surface area (Å²) in [7, 11) is 4.75. The van der Waals surface area contributed by atoms with Gasteiger partial charge in [-0.3, -0.25) is 9.59 Å². The van der Waals surface area contributed by atoms with E-state index in [1.54, 1.807) is 45.1 Å². The number of rotatable bonds is 8. The number of benzene rings is 1. The van der Waals surface area contributed by atoms with Crippen LogP contribution in [0, 0.1) is 6.92 Å². The molecule has 30 heavy (non-hydrogen) atoms. The second-order valence-corrected chi connectivity index (χ2v) is 7.20. The van der Waals surface area contributed by atoms with Crippen molar-refractivity contribution in [2.45, 2.75) is 32.0 Å². The van der Waals surface area contributed by atoms with E-state index < -0.39 is 5.91 Å². The van der Waals surface area contributed by atoms with E-state index in [-0.39, 0.29) is 23.3 Å². The number of aryl methyl sites for hydroxylation is 3. The summed E-state index contributed by atoms with van der Waals surface area (Å²) in [5.74, 6) is 0.881. The molecule has 3 rings (SSSR count). The Hall–Kier alpha value is -2.84. The minimum absolute atomic E-state index is 0.145. The summed E-state index contributed by atoms with van der Waals surface area (Å²) in [6.45, 7) is 2.98. The highest BCUT2D eigenvalue weighted by atomic mass is 16.5. The number of nitrogens with zero attached hydrogens (tertiary/aromatic N) is 1. The number of methoxy groups -OCH3 is 3. The molecule has 8 heteroatoms. The molecule has 1 saturated heterocycles. The van der Waals surface area contributed by atoms with Crippen LogP contribution in [0.3, 0.4) is 0 Å². The molecule has 162 valence electrons. The van der Waals surface area contributed by atoms with Gasteiger partial charge in [-0.05, 0) is 42.7 Å². The Morgan fingerprint density at radius 1 is 1.17 bits per heavy atom. The van der Waals surface area contributed by atoms with Crippen LogP contribution in [0.15, 0.2) is 35.3 Å². The summed E-state index contributed by atoms with van der Waals surface area (Å²) in [5, 5.41) is 2.87. The van der Waals surface area contributed by atoms with Gasteiger partial charge in [0.2, 0.25) is 0 Å². The first kappa shape index (κ1) is 21.9. The largest absolute Gasteiger partial charge is 0.493 e. The second-order valence-electron chi connectivity index (χ2n) is 7.20. The highest BCUT2D eigenvalue weighted by Crippen LogP contribution is 2.27. The van der Waals surface area contributed by atoms with Crippen LogP contribution >= 0.6 is 0 Å². The van der Waals surface area contributed by atoms with Gasteiger partial charge < -0.3 is 28.8 Å². The van der Waals surface area contributed by atoms with Gasteiger partial charge in [-0.2, -0.15) is 0 Å². The highest BCUT2D eigenvalue weighted by molar-refractivity contribution is 5.95. The first-order valence-electron chi connectivity index (χ1n) is 9.80. The summed E-state index contributed by atoms with van der Waals surface area (Å²) in [6, 6.07) is 7.15. The Morgan fingerprint density at radius 3 is 2.63 bits per heavy atom. The Labute approximate surface area is 175 Å². The van der Waals surface area contributed by atoms with Gasteiger partial charge in [0.05, 0.1) is 33.5 Å². The van der Waals surface area contributed by atoms with E-state index >= 15 is 0 Å². The number of pyridine rings is 1. The molecule has 1 N–H and O–H groups in total. The number of aromatic nitrogens is 1. The molecule has 1 amide bonds. The molecule has 0 spiro atoms. The van der Waals surface area contributed by atoms with Crippen molar-refractivity contribution in [1.82, 2.24) is 9.88 Å². The molecule has 0 radical (unpaired) electrons. The maximum atomic E-state index is 13.0. The fourth-order valence-corrected chi connectivity index (χ4v) is 3.55. The molecular weight excluding hydrogens is 388 g/mol. The predicted molar refractivity (Wildman–Crippen MR) is 112 cm³/mol. The zero-order chi connectivity index (χ0) is 21.7. The van der Waals surface area contributed by atoms with Crippen molar-refractivity contribution >= 4 is 5.91 Å². The first-order valence-corrected chi connectivity index (χ1v) is 9.80. The number of hydrogen-bond donors (Lipinski definition) is 1. The third kappa shape index (κ3) is 4.66. The van der Waals surface area contributed by atoms with Gasteiger partial charge >= 0.3 is 0 Å². The third-order valence-electron chi connectivity index (χ3n) is 5.34. The summed E-state index contributed by atoms with van der Waals surface area (Å²) in [5.41, 5.74) is 1.46. The lowest BCUT2D eigenvalue weighted by Gasteiger charge is -2.18. The average Bonchev–Trinajstić information content (AvgIpc) is 3.20. The molecule has 1 aliphatic rings. The van der Waals surface area contributed by atoms with Crippen molar-refractivity contribution in [2.75, 3.05) is 34.5 Å². The van der Waals surface area contributed by atoms with E-state index in [0.29, 0.717) is 43.2 Å². The molecule has 1 fully saturated rings. The molecule has 0 unspecified atom stereocenters. The average molecular weight is 416 g/mol. The van der Waals surface area contributed by atoms with Crippen molar-refractivity contribution in [1.29, 1.82) is 0 Å². The molecule has 1 aromatic carbocycles. The van der Waals surface area contributed by atoms with E-state index in [1.807, 2.05) is 18.2 Å². The summed E-state index contributed by atoms with van der Waals surface area (Å²) >= 11 is 0. The third-order valence-corrected chi connectivity index (χ3v) is 5.34. The molecule has 0 saturated carbocycles. The molecule has 8 nitrogen and oxygen atoms in total. The van der Waals surface area contributed by atoms with Crippen molar-refractivity contribution in [3.63, 3.8) is 0 Å². The molecule has 0 aliphatic carbocycles. The van der Waals surface area contributed by atoms with Crippen LogP contribution in [-0.4, -0.2) is 57.2 Å². The van der Waals surface area contributed by atoms with Crippen molar-refractivity contribution < 1.29 is 23.7 Å². The van der Waals surface area contributed by atoms with Gasteiger partial charge in [0.1, 0.15) is 11.7 Å². The fourth-order valence-electron chi connectivity index (χ4n) is 3.55. The maximum Gasteiger partial charge on any atom is 0.263 e. The van der Waals surface area contributed by atoms with E-state index in [0.717, 1.165) is 5.56 Å². The van der Waals surface area contributed by atoms with Crippen LogP contribution < -0.4 is 20.3 Å². The Morgan fingerprint density at radius 2 is 1.93 bits per heavy atom. The minimum Gasteiger partial charge on any atom is -0.493 e. The zero-order valence-corrected chi connectivity index (χ0v) is 17.8. The topological polar surface area (TPSA) is 88.0 Å². The van der Waals surface area contributed by atoms with Crippen LogP contribution in [0.2, 0.25) is 0 Å². The highest BCUT2D eigenvalue weighted by Gasteiger charge is 2.30. The number of amides is 1. The monoisotopic (exact) mass is 416 g/mol. The zero-order valence-electron chi connectivity index (χ0n) is 17.8. The standard InChI is InChI=1S/C22H28N2O6/c1-14-7-9-24(10-8-15-5-6-17(27-2)18(11-15)28-3)22(26)20(14)21(25)23-16-12-30-13-19(16)29-4/h5-7,9,11,16,19H,8,10,12-13H2,1-4H3,(H,23,25)/t16-,19+/m0/s1. The van der Waals surface area contributed by atoms with Crippen LogP contribution in [0.1, 0.15) is 21.5 Å². The number of carbonyl (C=O) groups excluding carboxylic acids is 1. The molecule has 2 heterocycles. The summed E-state index contributed by atoms with van der Waals surface area (Å²) in [6.07, 6.45) is 2.10. The summed E-state index contributed by atoms with van der Waals surface area (Å²) < 4.78 is 22.8. The van der Waals surface area contributed by atoms with Crippen LogP contribution in [0.4, 0.5) is 0 Å². The summed E-state index contributed by atoms with van der Waals surface area (Å²) in [4.78, 5) is 25.8. The number of ether oxygens (including phenoxy) is 4. The SMILES string of the molecule is COc1ccc(CCn2ccc(C)c(C(=O)N[C@H]3COC[C@H]3OC)c2=O)cc1OC.